The largest absolute Gasteiger partial charge is 0.444 e. The number of amides is 1. The number of aromatic nitrogens is 1. The first-order chi connectivity index (χ1) is 12.1. The third-order valence-electron chi connectivity index (χ3n) is 4.69. The van der Waals surface area contributed by atoms with Crippen LogP contribution in [-0.2, 0) is 6.54 Å². The molecule has 1 aromatic heterocycles. The zero-order chi connectivity index (χ0) is 17.8. The minimum Gasteiger partial charge on any atom is -0.444 e. The Morgan fingerprint density at radius 2 is 2.28 bits per heavy atom. The Bertz CT molecular complexity index is 722. The fourth-order valence-corrected chi connectivity index (χ4v) is 3.14. The predicted molar refractivity (Wildman–Crippen MR) is 95.5 cm³/mol. The van der Waals surface area contributed by atoms with Crippen molar-refractivity contribution in [3.63, 3.8) is 0 Å². The third kappa shape index (κ3) is 4.20. The highest BCUT2D eigenvalue weighted by molar-refractivity contribution is 5.95. The number of nitrogens with zero attached hydrogens (tertiary/aromatic N) is 2. The van der Waals surface area contributed by atoms with Gasteiger partial charge in [-0.05, 0) is 50.8 Å². The van der Waals surface area contributed by atoms with E-state index in [1.165, 1.54) is 0 Å². The van der Waals surface area contributed by atoms with E-state index in [1.54, 1.807) is 0 Å². The molecule has 2 aromatic rings. The van der Waals surface area contributed by atoms with Crippen molar-refractivity contribution in [2.45, 2.75) is 33.2 Å². The highest BCUT2D eigenvalue weighted by Gasteiger charge is 2.24. The molecule has 1 fully saturated rings. The van der Waals surface area contributed by atoms with Gasteiger partial charge in [-0.2, -0.15) is 0 Å². The van der Waals surface area contributed by atoms with Crippen LogP contribution in [0.3, 0.4) is 0 Å². The van der Waals surface area contributed by atoms with Gasteiger partial charge in [-0.3, -0.25) is 4.79 Å². The minimum absolute atomic E-state index is 0.0182. The third-order valence-corrected chi connectivity index (χ3v) is 4.69. The second-order valence-electron chi connectivity index (χ2n) is 6.63. The molecule has 1 atom stereocenters. The molecule has 0 spiro atoms. The number of aliphatic hydroxyl groups is 1. The van der Waals surface area contributed by atoms with E-state index in [1.807, 2.05) is 43.0 Å². The van der Waals surface area contributed by atoms with Crippen molar-refractivity contribution in [3.8, 4) is 0 Å². The van der Waals surface area contributed by atoms with Crippen molar-refractivity contribution in [2.24, 2.45) is 5.92 Å². The first kappa shape index (κ1) is 17.5. The van der Waals surface area contributed by atoms with E-state index in [-0.39, 0.29) is 18.4 Å². The van der Waals surface area contributed by atoms with E-state index in [9.17, 15) is 9.90 Å². The second-order valence-corrected chi connectivity index (χ2v) is 6.63. The molecule has 6 nitrogen and oxygen atoms in total. The smallest absolute Gasteiger partial charge is 0.253 e. The molecule has 2 N–H and O–H groups in total. The molecule has 2 heterocycles. The molecule has 1 aliphatic heterocycles. The Morgan fingerprint density at radius 1 is 1.44 bits per heavy atom. The number of benzene rings is 1. The molecular weight excluding hydrogens is 318 g/mol. The second kappa shape index (κ2) is 7.70. The Morgan fingerprint density at radius 3 is 3.00 bits per heavy atom. The van der Waals surface area contributed by atoms with Gasteiger partial charge in [-0.1, -0.05) is 6.07 Å². The lowest BCUT2D eigenvalue weighted by Crippen LogP contribution is -2.40. The van der Waals surface area contributed by atoms with Gasteiger partial charge in [0, 0.05) is 30.9 Å². The van der Waals surface area contributed by atoms with Crippen LogP contribution in [-0.4, -0.2) is 40.6 Å². The monoisotopic (exact) mass is 343 g/mol. The maximum atomic E-state index is 12.7. The van der Waals surface area contributed by atoms with E-state index in [4.69, 9.17) is 4.42 Å². The van der Waals surface area contributed by atoms with Crippen LogP contribution in [0.2, 0.25) is 0 Å². The van der Waals surface area contributed by atoms with Crippen molar-refractivity contribution >= 4 is 11.6 Å². The lowest BCUT2D eigenvalue weighted by molar-refractivity contribution is 0.0621. The number of rotatable bonds is 5. The molecule has 1 aliphatic rings. The molecule has 1 saturated heterocycles. The fourth-order valence-electron chi connectivity index (χ4n) is 3.14. The van der Waals surface area contributed by atoms with Crippen molar-refractivity contribution < 1.29 is 14.3 Å². The summed E-state index contributed by atoms with van der Waals surface area (Å²) in [4.78, 5) is 18.9. The van der Waals surface area contributed by atoms with Crippen LogP contribution in [0.4, 0.5) is 5.69 Å². The average molecular weight is 343 g/mol. The number of carbonyl (C=O) groups is 1. The number of anilines is 1. The number of hydrogen-bond donors (Lipinski definition) is 2. The van der Waals surface area contributed by atoms with Gasteiger partial charge in [-0.15, -0.1) is 0 Å². The Hall–Kier alpha value is -2.34. The molecule has 1 amide bonds. The standard InChI is InChI=1S/C19H25N3O3/c1-13-14(2)25-18(21-13)10-20-17-7-3-6-16(9-17)19(24)22-8-4-5-15(11-22)12-23/h3,6-7,9,15,20,23H,4-5,8,10-12H2,1-2H3. The van der Waals surface area contributed by atoms with Crippen LogP contribution in [0.1, 0.15) is 40.5 Å². The summed E-state index contributed by atoms with van der Waals surface area (Å²) in [6.07, 6.45) is 1.93. The van der Waals surface area contributed by atoms with E-state index in [0.717, 1.165) is 36.5 Å². The molecule has 0 aliphatic carbocycles. The molecule has 0 saturated carbocycles. The maximum Gasteiger partial charge on any atom is 0.253 e. The van der Waals surface area contributed by atoms with Crippen molar-refractivity contribution in [1.29, 1.82) is 0 Å². The van der Waals surface area contributed by atoms with Gasteiger partial charge in [0.1, 0.15) is 5.76 Å². The number of aliphatic hydroxyl groups excluding tert-OH is 1. The van der Waals surface area contributed by atoms with Gasteiger partial charge in [0.25, 0.3) is 5.91 Å². The summed E-state index contributed by atoms with van der Waals surface area (Å²) in [5.41, 5.74) is 2.41. The lowest BCUT2D eigenvalue weighted by atomic mass is 9.98. The molecule has 3 rings (SSSR count). The summed E-state index contributed by atoms with van der Waals surface area (Å²) in [6, 6.07) is 7.48. The summed E-state index contributed by atoms with van der Waals surface area (Å²) in [6.45, 7) is 5.80. The Labute approximate surface area is 147 Å². The average Bonchev–Trinajstić information content (AvgIpc) is 2.97. The molecule has 6 heteroatoms. The number of hydrogen-bond acceptors (Lipinski definition) is 5. The predicted octanol–water partition coefficient (Wildman–Crippen LogP) is 2.75. The summed E-state index contributed by atoms with van der Waals surface area (Å²) in [5.74, 6) is 1.66. The first-order valence-corrected chi connectivity index (χ1v) is 8.74. The van der Waals surface area contributed by atoms with Crippen LogP contribution in [0.15, 0.2) is 28.7 Å². The summed E-state index contributed by atoms with van der Waals surface area (Å²) in [5, 5.41) is 12.6. The number of carbonyl (C=O) groups excluding carboxylic acids is 1. The van der Waals surface area contributed by atoms with Gasteiger partial charge in [0.05, 0.1) is 12.2 Å². The van der Waals surface area contributed by atoms with Gasteiger partial charge >= 0.3 is 0 Å². The van der Waals surface area contributed by atoms with Crippen LogP contribution in [0.25, 0.3) is 0 Å². The molecule has 25 heavy (non-hydrogen) atoms. The van der Waals surface area contributed by atoms with Gasteiger partial charge < -0.3 is 19.7 Å². The number of aryl methyl sites for hydroxylation is 2. The van der Waals surface area contributed by atoms with Gasteiger partial charge in [0.2, 0.25) is 5.89 Å². The molecule has 1 unspecified atom stereocenters. The van der Waals surface area contributed by atoms with Crippen LogP contribution >= 0.6 is 0 Å². The van der Waals surface area contributed by atoms with Gasteiger partial charge in [0.15, 0.2) is 0 Å². The molecule has 1 aromatic carbocycles. The first-order valence-electron chi connectivity index (χ1n) is 8.74. The summed E-state index contributed by atoms with van der Waals surface area (Å²) in [7, 11) is 0. The topological polar surface area (TPSA) is 78.6 Å². The maximum absolute atomic E-state index is 12.7. The molecule has 0 radical (unpaired) electrons. The minimum atomic E-state index is 0.0182. The lowest BCUT2D eigenvalue weighted by Gasteiger charge is -2.32. The number of piperidine rings is 1. The quantitative estimate of drug-likeness (QED) is 0.873. The summed E-state index contributed by atoms with van der Waals surface area (Å²) < 4.78 is 5.56. The van der Waals surface area contributed by atoms with E-state index >= 15 is 0 Å². The highest BCUT2D eigenvalue weighted by atomic mass is 16.4. The van der Waals surface area contributed by atoms with Gasteiger partial charge in [-0.25, -0.2) is 4.98 Å². The van der Waals surface area contributed by atoms with Crippen molar-refractivity contribution in [2.75, 3.05) is 25.0 Å². The molecular formula is C19H25N3O3. The molecule has 0 bridgehead atoms. The van der Waals surface area contributed by atoms with Crippen LogP contribution < -0.4 is 5.32 Å². The highest BCUT2D eigenvalue weighted by Crippen LogP contribution is 2.20. The molecule has 134 valence electrons. The zero-order valence-electron chi connectivity index (χ0n) is 14.8. The van der Waals surface area contributed by atoms with Crippen LogP contribution in [0.5, 0.6) is 0 Å². The van der Waals surface area contributed by atoms with Crippen molar-refractivity contribution in [3.05, 3.63) is 47.2 Å². The fraction of sp³-hybridized carbons (Fsp3) is 0.474. The van der Waals surface area contributed by atoms with E-state index in [0.29, 0.717) is 24.5 Å². The number of likely N-dealkylation sites (tertiary alicyclic amines) is 1. The van der Waals surface area contributed by atoms with Crippen LogP contribution in [0, 0.1) is 19.8 Å². The summed E-state index contributed by atoms with van der Waals surface area (Å²) >= 11 is 0. The number of nitrogens with one attached hydrogen (secondary N) is 1. The van der Waals surface area contributed by atoms with E-state index < -0.39 is 0 Å². The SMILES string of the molecule is Cc1nc(CNc2cccc(C(=O)N3CCCC(CO)C3)c2)oc1C. The Balaban J connectivity index is 1.65. The zero-order valence-corrected chi connectivity index (χ0v) is 14.8. The van der Waals surface area contributed by atoms with E-state index in [2.05, 4.69) is 10.3 Å². The Kier molecular flexibility index (Phi) is 5.38. The van der Waals surface area contributed by atoms with Crippen molar-refractivity contribution in [1.82, 2.24) is 9.88 Å². The normalized spacial score (nSPS) is 17.6. The number of oxazole rings is 1.